The van der Waals surface area contributed by atoms with E-state index in [-0.39, 0.29) is 5.91 Å². The summed E-state index contributed by atoms with van der Waals surface area (Å²) in [6.45, 7) is 1.34. The van der Waals surface area contributed by atoms with E-state index in [0.29, 0.717) is 12.2 Å². The summed E-state index contributed by atoms with van der Waals surface area (Å²) in [7, 11) is 0. The van der Waals surface area contributed by atoms with E-state index in [4.69, 9.17) is 0 Å². The Kier molecular flexibility index (Phi) is 2.76. The summed E-state index contributed by atoms with van der Waals surface area (Å²) in [5.74, 6) is 0.0219. The first-order valence-electron chi connectivity index (χ1n) is 8.12. The van der Waals surface area contributed by atoms with E-state index < -0.39 is 0 Å². The molecule has 4 heterocycles. The van der Waals surface area contributed by atoms with Crippen molar-refractivity contribution in [2.75, 3.05) is 6.54 Å². The molecule has 5 heteroatoms. The van der Waals surface area contributed by atoms with Crippen molar-refractivity contribution in [2.45, 2.75) is 13.0 Å². The van der Waals surface area contributed by atoms with Crippen LogP contribution in [-0.4, -0.2) is 31.9 Å². The molecule has 0 spiro atoms. The highest BCUT2D eigenvalue weighted by molar-refractivity contribution is 5.94. The highest BCUT2D eigenvalue weighted by Gasteiger charge is 2.25. The Labute approximate surface area is 138 Å². The second-order valence-corrected chi connectivity index (χ2v) is 6.18. The molecule has 0 atom stereocenters. The highest BCUT2D eigenvalue weighted by atomic mass is 16.2. The minimum Gasteiger partial charge on any atom is -0.357 e. The lowest BCUT2D eigenvalue weighted by Crippen LogP contribution is -2.36. The summed E-state index contributed by atoms with van der Waals surface area (Å²) >= 11 is 0. The van der Waals surface area contributed by atoms with Crippen molar-refractivity contribution in [3.8, 4) is 0 Å². The fourth-order valence-electron chi connectivity index (χ4n) is 3.64. The van der Waals surface area contributed by atoms with Crippen molar-refractivity contribution in [3.63, 3.8) is 0 Å². The normalized spacial score (nSPS) is 14.2. The van der Waals surface area contributed by atoms with Crippen molar-refractivity contribution in [1.29, 1.82) is 0 Å². The molecule has 1 aliphatic heterocycles. The molecule has 24 heavy (non-hydrogen) atoms. The molecular weight excluding hydrogens is 300 g/mol. The van der Waals surface area contributed by atoms with Crippen LogP contribution in [0.2, 0.25) is 0 Å². The zero-order chi connectivity index (χ0) is 16.1. The minimum absolute atomic E-state index is 0.0219. The van der Waals surface area contributed by atoms with Crippen LogP contribution >= 0.6 is 0 Å². The number of rotatable bonds is 1. The number of carbonyl (C=O) groups excluding carboxylic acids is 1. The SMILES string of the molecule is O=C(c1cccc2ccnn12)N1CCc2c([nH]c3ccccc23)C1. The van der Waals surface area contributed by atoms with E-state index in [0.717, 1.165) is 29.7 Å². The van der Waals surface area contributed by atoms with Crippen LogP contribution in [0.1, 0.15) is 21.7 Å². The van der Waals surface area contributed by atoms with Crippen molar-refractivity contribution < 1.29 is 4.79 Å². The minimum atomic E-state index is 0.0219. The van der Waals surface area contributed by atoms with E-state index in [9.17, 15) is 4.79 Å². The molecule has 0 saturated heterocycles. The van der Waals surface area contributed by atoms with Gasteiger partial charge in [0, 0.05) is 23.1 Å². The zero-order valence-electron chi connectivity index (χ0n) is 13.1. The smallest absolute Gasteiger partial charge is 0.272 e. The molecule has 0 radical (unpaired) electrons. The van der Waals surface area contributed by atoms with Gasteiger partial charge in [-0.2, -0.15) is 5.10 Å². The summed E-state index contributed by atoms with van der Waals surface area (Å²) in [4.78, 5) is 18.4. The molecule has 3 aromatic heterocycles. The van der Waals surface area contributed by atoms with Gasteiger partial charge in [-0.05, 0) is 36.2 Å². The Morgan fingerprint density at radius 2 is 2.00 bits per heavy atom. The number of fused-ring (bicyclic) bond motifs is 4. The van der Waals surface area contributed by atoms with Crippen molar-refractivity contribution in [1.82, 2.24) is 19.5 Å². The Morgan fingerprint density at radius 3 is 2.96 bits per heavy atom. The largest absolute Gasteiger partial charge is 0.357 e. The fourth-order valence-corrected chi connectivity index (χ4v) is 3.64. The van der Waals surface area contributed by atoms with E-state index >= 15 is 0 Å². The van der Waals surface area contributed by atoms with Crippen molar-refractivity contribution in [3.05, 3.63) is 71.7 Å². The molecule has 1 aromatic carbocycles. The van der Waals surface area contributed by atoms with E-state index in [1.807, 2.05) is 35.2 Å². The van der Waals surface area contributed by atoms with Gasteiger partial charge in [0.2, 0.25) is 0 Å². The molecule has 1 N–H and O–H groups in total. The number of hydrogen-bond donors (Lipinski definition) is 1. The number of amides is 1. The van der Waals surface area contributed by atoms with Crippen LogP contribution in [0, 0.1) is 0 Å². The molecule has 1 amide bonds. The number of aromatic amines is 1. The molecule has 0 bridgehead atoms. The molecule has 4 aromatic rings. The Hall–Kier alpha value is -3.08. The number of para-hydroxylation sites is 1. The Bertz CT molecular complexity index is 1080. The van der Waals surface area contributed by atoms with Crippen LogP contribution in [0.25, 0.3) is 16.4 Å². The van der Waals surface area contributed by atoms with Gasteiger partial charge in [-0.25, -0.2) is 4.52 Å². The maximum Gasteiger partial charge on any atom is 0.272 e. The first-order valence-corrected chi connectivity index (χ1v) is 8.12. The standard InChI is InChI=1S/C19H16N4O/c24-19(18-7-3-4-13-8-10-20-23(13)18)22-11-9-15-14-5-1-2-6-16(14)21-17(15)12-22/h1-8,10,21H,9,11-12H2. The van der Waals surface area contributed by atoms with E-state index in [1.54, 1.807) is 10.7 Å². The summed E-state index contributed by atoms with van der Waals surface area (Å²) in [6, 6.07) is 15.9. The number of pyridine rings is 1. The Morgan fingerprint density at radius 1 is 1.08 bits per heavy atom. The van der Waals surface area contributed by atoms with Crippen LogP contribution in [0.3, 0.4) is 0 Å². The van der Waals surface area contributed by atoms with Gasteiger partial charge in [0.25, 0.3) is 5.91 Å². The summed E-state index contributed by atoms with van der Waals surface area (Å²) in [5, 5.41) is 5.55. The first kappa shape index (κ1) is 13.4. The maximum atomic E-state index is 13.0. The number of nitrogens with zero attached hydrogens (tertiary/aromatic N) is 3. The summed E-state index contributed by atoms with van der Waals surface area (Å²) in [5.41, 5.74) is 5.17. The average molecular weight is 316 g/mol. The van der Waals surface area contributed by atoms with Gasteiger partial charge < -0.3 is 9.88 Å². The van der Waals surface area contributed by atoms with Gasteiger partial charge in [-0.3, -0.25) is 4.79 Å². The van der Waals surface area contributed by atoms with Crippen LogP contribution < -0.4 is 0 Å². The van der Waals surface area contributed by atoms with Gasteiger partial charge in [0.1, 0.15) is 5.69 Å². The third kappa shape index (κ3) is 1.88. The van der Waals surface area contributed by atoms with Crippen LogP contribution in [0.4, 0.5) is 0 Å². The molecule has 0 saturated carbocycles. The molecule has 0 fully saturated rings. The number of hydrogen-bond acceptors (Lipinski definition) is 2. The zero-order valence-corrected chi connectivity index (χ0v) is 13.1. The molecular formula is C19H16N4O. The second-order valence-electron chi connectivity index (χ2n) is 6.18. The number of aromatic nitrogens is 3. The molecule has 5 rings (SSSR count). The third-order valence-electron chi connectivity index (χ3n) is 4.81. The lowest BCUT2D eigenvalue weighted by atomic mass is 10.0. The lowest BCUT2D eigenvalue weighted by molar-refractivity contribution is 0.0724. The highest BCUT2D eigenvalue weighted by Crippen LogP contribution is 2.28. The fraction of sp³-hybridized carbons (Fsp3) is 0.158. The molecule has 0 aliphatic carbocycles. The molecule has 0 unspecified atom stereocenters. The Balaban J connectivity index is 1.52. The van der Waals surface area contributed by atoms with Crippen molar-refractivity contribution >= 4 is 22.3 Å². The van der Waals surface area contributed by atoms with Crippen LogP contribution in [0.15, 0.2) is 54.7 Å². The number of H-pyrrole nitrogens is 1. The summed E-state index contributed by atoms with van der Waals surface area (Å²) in [6.07, 6.45) is 2.60. The van der Waals surface area contributed by atoms with Crippen molar-refractivity contribution in [2.24, 2.45) is 0 Å². The predicted octanol–water partition coefficient (Wildman–Crippen LogP) is 3.01. The van der Waals surface area contributed by atoms with E-state index in [2.05, 4.69) is 28.3 Å². The van der Waals surface area contributed by atoms with Gasteiger partial charge in [0.05, 0.1) is 18.3 Å². The number of nitrogens with one attached hydrogen (secondary N) is 1. The number of benzene rings is 1. The lowest BCUT2D eigenvalue weighted by Gasteiger charge is -2.27. The van der Waals surface area contributed by atoms with Crippen LogP contribution in [-0.2, 0) is 13.0 Å². The van der Waals surface area contributed by atoms with Gasteiger partial charge in [-0.1, -0.05) is 24.3 Å². The topological polar surface area (TPSA) is 53.4 Å². The van der Waals surface area contributed by atoms with Gasteiger partial charge >= 0.3 is 0 Å². The molecule has 5 nitrogen and oxygen atoms in total. The molecule has 1 aliphatic rings. The van der Waals surface area contributed by atoms with Gasteiger partial charge in [-0.15, -0.1) is 0 Å². The third-order valence-corrected chi connectivity index (χ3v) is 4.81. The predicted molar refractivity (Wildman–Crippen MR) is 91.9 cm³/mol. The molecule has 118 valence electrons. The van der Waals surface area contributed by atoms with Crippen LogP contribution in [0.5, 0.6) is 0 Å². The van der Waals surface area contributed by atoms with E-state index in [1.165, 1.54) is 10.9 Å². The average Bonchev–Trinajstić information content (AvgIpc) is 3.24. The first-order chi connectivity index (χ1) is 11.8. The monoisotopic (exact) mass is 316 g/mol. The van der Waals surface area contributed by atoms with Gasteiger partial charge in [0.15, 0.2) is 0 Å². The second kappa shape index (κ2) is 4.96. The maximum absolute atomic E-state index is 13.0. The number of carbonyl (C=O) groups is 1. The quantitative estimate of drug-likeness (QED) is 0.587. The summed E-state index contributed by atoms with van der Waals surface area (Å²) < 4.78 is 1.71.